The van der Waals surface area contributed by atoms with Crippen LogP contribution in [0.25, 0.3) is 0 Å². The molecule has 104 valence electrons. The molecule has 1 rings (SSSR count). The van der Waals surface area contributed by atoms with Crippen LogP contribution in [0.1, 0.15) is 79.1 Å². The van der Waals surface area contributed by atoms with Gasteiger partial charge in [-0.15, -0.1) is 0 Å². The van der Waals surface area contributed by atoms with Crippen molar-refractivity contribution in [1.82, 2.24) is 0 Å². The van der Waals surface area contributed by atoms with E-state index in [4.69, 9.17) is 5.26 Å². The van der Waals surface area contributed by atoms with Gasteiger partial charge in [-0.2, -0.15) is 5.26 Å². The molecule has 0 bridgehead atoms. The van der Waals surface area contributed by atoms with Crippen LogP contribution in [0.2, 0.25) is 0 Å². The average molecular weight is 249 g/mol. The van der Waals surface area contributed by atoms with Gasteiger partial charge in [0, 0.05) is 6.42 Å². The van der Waals surface area contributed by atoms with Crippen molar-refractivity contribution in [3.05, 3.63) is 0 Å². The highest BCUT2D eigenvalue weighted by molar-refractivity contribution is 4.86. The molecule has 3 atom stereocenters. The van der Waals surface area contributed by atoms with E-state index in [-0.39, 0.29) is 0 Å². The van der Waals surface area contributed by atoms with Crippen molar-refractivity contribution < 1.29 is 0 Å². The first kappa shape index (κ1) is 15.5. The van der Waals surface area contributed by atoms with Gasteiger partial charge in [0.25, 0.3) is 0 Å². The first-order valence-electron chi connectivity index (χ1n) is 7.86. The zero-order valence-electron chi connectivity index (χ0n) is 12.8. The van der Waals surface area contributed by atoms with E-state index in [1.54, 1.807) is 0 Å². The average Bonchev–Trinajstić information content (AvgIpc) is 2.30. The van der Waals surface area contributed by atoms with Crippen LogP contribution in [-0.4, -0.2) is 0 Å². The van der Waals surface area contributed by atoms with Gasteiger partial charge in [0.05, 0.1) is 6.07 Å². The van der Waals surface area contributed by atoms with E-state index in [0.717, 1.165) is 30.6 Å². The normalized spacial score (nSPS) is 28.9. The molecule has 3 unspecified atom stereocenters. The molecular weight excluding hydrogens is 218 g/mol. The summed E-state index contributed by atoms with van der Waals surface area (Å²) in [5, 5.41) is 8.70. The van der Waals surface area contributed by atoms with Gasteiger partial charge in [-0.25, -0.2) is 0 Å². The number of nitrogens with zero attached hydrogens (tertiary/aromatic N) is 1. The van der Waals surface area contributed by atoms with Crippen molar-refractivity contribution in [3.63, 3.8) is 0 Å². The second-order valence-corrected chi connectivity index (χ2v) is 7.24. The summed E-state index contributed by atoms with van der Waals surface area (Å²) >= 11 is 0. The Morgan fingerprint density at radius 2 is 1.83 bits per heavy atom. The Morgan fingerprint density at radius 3 is 2.39 bits per heavy atom. The van der Waals surface area contributed by atoms with E-state index in [9.17, 15) is 0 Å². The summed E-state index contributed by atoms with van der Waals surface area (Å²) in [6, 6.07) is 2.30. The highest BCUT2D eigenvalue weighted by atomic mass is 14.4. The molecule has 0 aromatic rings. The monoisotopic (exact) mass is 249 g/mol. The third kappa shape index (κ3) is 4.63. The van der Waals surface area contributed by atoms with Gasteiger partial charge < -0.3 is 0 Å². The minimum Gasteiger partial charge on any atom is -0.198 e. The number of hydrogen-bond acceptors (Lipinski definition) is 1. The van der Waals surface area contributed by atoms with Gasteiger partial charge in [0.1, 0.15) is 0 Å². The Morgan fingerprint density at radius 1 is 1.11 bits per heavy atom. The Hall–Kier alpha value is -0.510. The Bertz CT molecular complexity index is 268. The molecule has 1 aliphatic rings. The summed E-state index contributed by atoms with van der Waals surface area (Å²) < 4.78 is 0. The van der Waals surface area contributed by atoms with Gasteiger partial charge in [0.15, 0.2) is 0 Å². The first-order chi connectivity index (χ1) is 8.49. The van der Waals surface area contributed by atoms with E-state index >= 15 is 0 Å². The molecule has 0 aromatic heterocycles. The molecule has 1 nitrogen and oxygen atoms in total. The lowest BCUT2D eigenvalue weighted by Gasteiger charge is -2.42. The molecule has 0 radical (unpaired) electrons. The Balaban J connectivity index is 2.56. The Labute approximate surface area is 114 Å². The molecule has 0 saturated heterocycles. The van der Waals surface area contributed by atoms with Crippen LogP contribution >= 0.6 is 0 Å². The van der Waals surface area contributed by atoms with Crippen LogP contribution in [-0.2, 0) is 0 Å². The van der Waals surface area contributed by atoms with Gasteiger partial charge in [-0.3, -0.25) is 0 Å². The molecule has 0 aromatic carbocycles. The molecule has 0 aliphatic heterocycles. The fourth-order valence-electron chi connectivity index (χ4n) is 3.66. The smallest absolute Gasteiger partial charge is 0.0621 e. The van der Waals surface area contributed by atoms with E-state index in [1.807, 2.05) is 0 Å². The van der Waals surface area contributed by atoms with Gasteiger partial charge >= 0.3 is 0 Å². The summed E-state index contributed by atoms with van der Waals surface area (Å²) in [5.74, 6) is 2.71. The maximum atomic E-state index is 8.70. The van der Waals surface area contributed by atoms with Gasteiger partial charge in [-0.1, -0.05) is 40.5 Å². The number of nitriles is 1. The highest BCUT2D eigenvalue weighted by Crippen LogP contribution is 2.45. The lowest BCUT2D eigenvalue weighted by molar-refractivity contribution is 0.0877. The number of unbranched alkanes of at least 4 members (excludes halogenated alkanes) is 1. The minimum absolute atomic E-state index is 0.463. The van der Waals surface area contributed by atoms with Gasteiger partial charge in [-0.05, 0) is 55.3 Å². The summed E-state index contributed by atoms with van der Waals surface area (Å²) in [4.78, 5) is 0. The van der Waals surface area contributed by atoms with Crippen molar-refractivity contribution in [2.75, 3.05) is 0 Å². The summed E-state index contributed by atoms with van der Waals surface area (Å²) in [6.45, 7) is 9.49. The largest absolute Gasteiger partial charge is 0.198 e. The molecule has 1 saturated carbocycles. The molecule has 18 heavy (non-hydrogen) atoms. The lowest BCUT2D eigenvalue weighted by atomic mass is 9.64. The van der Waals surface area contributed by atoms with Crippen molar-refractivity contribution >= 4 is 0 Å². The quantitative estimate of drug-likeness (QED) is 0.585. The minimum atomic E-state index is 0.463. The van der Waals surface area contributed by atoms with Crippen LogP contribution in [0.4, 0.5) is 0 Å². The molecule has 1 fully saturated rings. The summed E-state index contributed by atoms with van der Waals surface area (Å²) in [7, 11) is 0. The maximum Gasteiger partial charge on any atom is 0.0621 e. The summed E-state index contributed by atoms with van der Waals surface area (Å²) in [6.07, 6.45) is 10.1. The fraction of sp³-hybridized carbons (Fsp3) is 0.941. The molecule has 1 heteroatoms. The van der Waals surface area contributed by atoms with E-state index in [0.29, 0.717) is 5.41 Å². The van der Waals surface area contributed by atoms with Crippen LogP contribution in [0, 0.1) is 34.5 Å². The molecule has 0 amide bonds. The third-order valence-electron chi connectivity index (χ3n) is 4.89. The van der Waals surface area contributed by atoms with Crippen LogP contribution < -0.4 is 0 Å². The first-order valence-corrected chi connectivity index (χ1v) is 7.86. The van der Waals surface area contributed by atoms with Crippen molar-refractivity contribution in [1.29, 1.82) is 5.26 Å². The number of hydrogen-bond donors (Lipinski definition) is 0. The van der Waals surface area contributed by atoms with E-state index in [2.05, 4.69) is 33.8 Å². The standard InChI is InChI=1S/C17H31N/c1-5-8-14-10-11-16(17(2,3)4)13-15(14)9-6-7-12-18/h14-16H,5-11,13H2,1-4H3. The highest BCUT2D eigenvalue weighted by Gasteiger charge is 2.34. The van der Waals surface area contributed by atoms with Crippen molar-refractivity contribution in [3.8, 4) is 6.07 Å². The molecule has 0 heterocycles. The zero-order chi connectivity index (χ0) is 13.6. The molecule has 0 spiro atoms. The van der Waals surface area contributed by atoms with Crippen molar-refractivity contribution in [2.45, 2.75) is 79.1 Å². The predicted molar refractivity (Wildman–Crippen MR) is 78.1 cm³/mol. The van der Waals surface area contributed by atoms with Crippen LogP contribution in [0.15, 0.2) is 0 Å². The van der Waals surface area contributed by atoms with Gasteiger partial charge in [0.2, 0.25) is 0 Å². The Kier molecular flexibility index (Phi) is 6.19. The third-order valence-corrected chi connectivity index (χ3v) is 4.89. The topological polar surface area (TPSA) is 23.8 Å². The maximum absolute atomic E-state index is 8.70. The summed E-state index contributed by atoms with van der Waals surface area (Å²) in [5.41, 5.74) is 0.463. The molecule has 1 aliphatic carbocycles. The van der Waals surface area contributed by atoms with Crippen LogP contribution in [0.5, 0.6) is 0 Å². The zero-order valence-corrected chi connectivity index (χ0v) is 12.8. The lowest BCUT2D eigenvalue weighted by Crippen LogP contribution is -2.31. The van der Waals surface area contributed by atoms with E-state index < -0.39 is 0 Å². The van der Waals surface area contributed by atoms with E-state index in [1.165, 1.54) is 38.5 Å². The second-order valence-electron chi connectivity index (χ2n) is 7.24. The molecule has 0 N–H and O–H groups in total. The fourth-order valence-corrected chi connectivity index (χ4v) is 3.66. The molecular formula is C17H31N. The van der Waals surface area contributed by atoms with Crippen LogP contribution in [0.3, 0.4) is 0 Å². The number of rotatable bonds is 5. The SMILES string of the molecule is CCCC1CCC(C(C)(C)C)CC1CCCC#N. The predicted octanol–water partition coefficient (Wildman–Crippen LogP) is 5.56. The second kappa shape index (κ2) is 7.17. The van der Waals surface area contributed by atoms with Crippen molar-refractivity contribution in [2.24, 2.45) is 23.2 Å².